The molecule has 3 aromatic rings. The fourth-order valence-electron chi connectivity index (χ4n) is 3.25. The Morgan fingerprint density at radius 3 is 2.84 bits per heavy atom. The Morgan fingerprint density at radius 1 is 1.32 bits per heavy atom. The van der Waals surface area contributed by atoms with Crippen LogP contribution in [0.2, 0.25) is 5.02 Å². The van der Waals surface area contributed by atoms with Crippen molar-refractivity contribution >= 4 is 29.7 Å². The van der Waals surface area contributed by atoms with Crippen LogP contribution < -0.4 is 4.74 Å². The molecule has 3 heterocycles. The zero-order valence-corrected chi connectivity index (χ0v) is 18.6. The average Bonchev–Trinajstić information content (AvgIpc) is 3.35. The number of carbonyl (C=O) groups is 1. The maximum atomic E-state index is 12.6. The minimum Gasteiger partial charge on any atom is -0.486 e. The second kappa shape index (κ2) is 8.19. The fourth-order valence-corrected chi connectivity index (χ4v) is 3.41. The van der Waals surface area contributed by atoms with Gasteiger partial charge in [0.15, 0.2) is 11.6 Å². The third-order valence-electron chi connectivity index (χ3n) is 4.67. The maximum Gasteiger partial charge on any atom is 0.437 e. The summed E-state index contributed by atoms with van der Waals surface area (Å²) in [6.45, 7) is 7.47. The third-order valence-corrected chi connectivity index (χ3v) is 5.08. The highest BCUT2D eigenvalue weighted by Gasteiger charge is 2.27. The second-order valence-corrected chi connectivity index (χ2v) is 8.66. The number of ether oxygens (including phenoxy) is 2. The smallest absolute Gasteiger partial charge is 0.437 e. The molecule has 0 saturated heterocycles. The van der Waals surface area contributed by atoms with Gasteiger partial charge >= 0.3 is 6.09 Å². The van der Waals surface area contributed by atoms with E-state index in [9.17, 15) is 4.79 Å². The molecule has 0 fully saturated rings. The van der Waals surface area contributed by atoms with Crippen molar-refractivity contribution in [2.45, 2.75) is 52.7 Å². The van der Waals surface area contributed by atoms with E-state index in [1.807, 2.05) is 33.8 Å². The molecular formula is C22H23ClN4O4. The molecule has 0 atom stereocenters. The lowest BCUT2D eigenvalue weighted by atomic mass is 10.1. The first-order valence-electron chi connectivity index (χ1n) is 9.93. The van der Waals surface area contributed by atoms with Gasteiger partial charge in [0.2, 0.25) is 0 Å². The van der Waals surface area contributed by atoms with E-state index >= 15 is 0 Å². The first-order chi connectivity index (χ1) is 14.7. The summed E-state index contributed by atoms with van der Waals surface area (Å²) in [5.74, 6) is 1.61. The molecule has 1 aliphatic rings. The van der Waals surface area contributed by atoms with Crippen LogP contribution in [0, 0.1) is 6.92 Å². The average molecular weight is 443 g/mol. The van der Waals surface area contributed by atoms with Gasteiger partial charge in [-0.25, -0.2) is 9.79 Å². The molecule has 0 N–H and O–H groups in total. The third kappa shape index (κ3) is 4.49. The highest BCUT2D eigenvalue weighted by molar-refractivity contribution is 6.31. The van der Waals surface area contributed by atoms with Crippen LogP contribution in [0.5, 0.6) is 5.75 Å². The standard InChI is InChI=1S/C22H23ClN4O4/c1-13-10-19(15(11-16(13)23)18-7-9-25-31-18)29-12-17-14-6-5-8-24-20(14)27(26-17)21(28)30-22(2,3)4/h7-11H,5-6,12H2,1-4H3. The van der Waals surface area contributed by atoms with Gasteiger partial charge in [-0.2, -0.15) is 5.10 Å². The molecule has 162 valence electrons. The van der Waals surface area contributed by atoms with Gasteiger partial charge in [-0.05, 0) is 58.2 Å². The number of aromatic nitrogens is 3. The van der Waals surface area contributed by atoms with Crippen LogP contribution in [0.4, 0.5) is 10.6 Å². The Balaban J connectivity index is 1.65. The van der Waals surface area contributed by atoms with E-state index in [4.69, 9.17) is 25.6 Å². The summed E-state index contributed by atoms with van der Waals surface area (Å²) in [7, 11) is 0. The SMILES string of the molecule is Cc1cc(OCc2nn(C(=O)OC(C)(C)C)c3c2CCC=N3)c(-c2ccno2)cc1Cl. The number of hydrogen-bond acceptors (Lipinski definition) is 7. The van der Waals surface area contributed by atoms with Gasteiger partial charge < -0.3 is 14.0 Å². The van der Waals surface area contributed by atoms with E-state index in [2.05, 4.69) is 15.2 Å². The molecule has 9 heteroatoms. The molecule has 0 saturated carbocycles. The second-order valence-electron chi connectivity index (χ2n) is 8.25. The molecule has 0 amide bonds. The van der Waals surface area contributed by atoms with Crippen molar-refractivity contribution in [2.24, 2.45) is 4.99 Å². The largest absolute Gasteiger partial charge is 0.486 e. The van der Waals surface area contributed by atoms with Gasteiger partial charge in [0.25, 0.3) is 0 Å². The van der Waals surface area contributed by atoms with E-state index in [0.29, 0.717) is 33.6 Å². The van der Waals surface area contributed by atoms with E-state index in [-0.39, 0.29) is 6.61 Å². The molecule has 1 aliphatic heterocycles. The van der Waals surface area contributed by atoms with Gasteiger partial charge in [-0.15, -0.1) is 4.68 Å². The summed E-state index contributed by atoms with van der Waals surface area (Å²) in [5, 5.41) is 8.82. The lowest BCUT2D eigenvalue weighted by Crippen LogP contribution is -2.27. The van der Waals surface area contributed by atoms with Crippen molar-refractivity contribution in [3.05, 3.63) is 46.2 Å². The quantitative estimate of drug-likeness (QED) is 0.529. The van der Waals surface area contributed by atoms with E-state index < -0.39 is 11.7 Å². The molecule has 0 radical (unpaired) electrons. The lowest BCUT2D eigenvalue weighted by Gasteiger charge is -2.19. The molecule has 31 heavy (non-hydrogen) atoms. The highest BCUT2D eigenvalue weighted by Crippen LogP contribution is 2.36. The van der Waals surface area contributed by atoms with Crippen LogP contribution in [0.15, 0.2) is 33.9 Å². The maximum absolute atomic E-state index is 12.6. The first kappa shape index (κ1) is 21.1. The minimum absolute atomic E-state index is 0.149. The summed E-state index contributed by atoms with van der Waals surface area (Å²) < 4.78 is 18.1. The monoisotopic (exact) mass is 442 g/mol. The van der Waals surface area contributed by atoms with Crippen molar-refractivity contribution < 1.29 is 18.8 Å². The van der Waals surface area contributed by atoms with Crippen LogP contribution in [0.25, 0.3) is 11.3 Å². The van der Waals surface area contributed by atoms with Crippen molar-refractivity contribution in [3.63, 3.8) is 0 Å². The summed E-state index contributed by atoms with van der Waals surface area (Å²) in [5.41, 5.74) is 2.42. The number of carbonyl (C=O) groups excluding carboxylic acids is 1. The zero-order chi connectivity index (χ0) is 22.2. The van der Waals surface area contributed by atoms with Gasteiger partial charge in [0.1, 0.15) is 23.7 Å². The van der Waals surface area contributed by atoms with Crippen LogP contribution >= 0.6 is 11.6 Å². The number of benzene rings is 1. The van der Waals surface area contributed by atoms with Gasteiger partial charge in [0, 0.05) is 22.9 Å². The summed E-state index contributed by atoms with van der Waals surface area (Å²) in [6.07, 6.45) is 4.25. The summed E-state index contributed by atoms with van der Waals surface area (Å²) >= 11 is 6.31. The van der Waals surface area contributed by atoms with Crippen molar-refractivity contribution in [1.29, 1.82) is 0 Å². The topological polar surface area (TPSA) is 91.7 Å². The first-order valence-corrected chi connectivity index (χ1v) is 10.3. The predicted octanol–water partition coefficient (Wildman–Crippen LogP) is 5.51. The minimum atomic E-state index is -0.641. The molecular weight excluding hydrogens is 420 g/mol. The molecule has 2 aromatic heterocycles. The van der Waals surface area contributed by atoms with Gasteiger partial charge in [-0.3, -0.25) is 0 Å². The number of fused-ring (bicyclic) bond motifs is 1. The highest BCUT2D eigenvalue weighted by atomic mass is 35.5. The van der Waals surface area contributed by atoms with Gasteiger partial charge in [0.05, 0.1) is 11.8 Å². The van der Waals surface area contributed by atoms with Gasteiger partial charge in [-0.1, -0.05) is 16.8 Å². The Bertz CT molecular complexity index is 1140. The summed E-state index contributed by atoms with van der Waals surface area (Å²) in [6, 6.07) is 5.36. The normalized spacial score (nSPS) is 13.2. The predicted molar refractivity (Wildman–Crippen MR) is 116 cm³/mol. The number of halogens is 1. The van der Waals surface area contributed by atoms with E-state index in [1.165, 1.54) is 4.68 Å². The molecule has 1 aromatic carbocycles. The molecule has 0 bridgehead atoms. The number of aryl methyl sites for hydroxylation is 1. The van der Waals surface area contributed by atoms with Crippen LogP contribution in [-0.4, -0.2) is 32.8 Å². The Hall–Kier alpha value is -3.13. The Morgan fingerprint density at radius 2 is 2.13 bits per heavy atom. The zero-order valence-electron chi connectivity index (χ0n) is 17.8. The molecule has 0 spiro atoms. The van der Waals surface area contributed by atoms with Crippen molar-refractivity contribution in [3.8, 4) is 17.1 Å². The number of aliphatic imine (C=N–C) groups is 1. The Kier molecular flexibility index (Phi) is 5.58. The number of hydrogen-bond donors (Lipinski definition) is 0. The molecule has 0 unspecified atom stereocenters. The molecule has 4 rings (SSSR count). The molecule has 8 nitrogen and oxygen atoms in total. The fraction of sp³-hybridized carbons (Fsp3) is 0.364. The summed E-state index contributed by atoms with van der Waals surface area (Å²) in [4.78, 5) is 17.0. The van der Waals surface area contributed by atoms with Crippen molar-refractivity contribution in [1.82, 2.24) is 14.9 Å². The number of rotatable bonds is 4. The van der Waals surface area contributed by atoms with Crippen LogP contribution in [0.3, 0.4) is 0 Å². The molecule has 0 aliphatic carbocycles. The Labute approximate surface area is 184 Å². The number of nitrogens with zero attached hydrogens (tertiary/aromatic N) is 4. The lowest BCUT2D eigenvalue weighted by molar-refractivity contribution is 0.0516. The van der Waals surface area contributed by atoms with E-state index in [0.717, 1.165) is 24.0 Å². The van der Waals surface area contributed by atoms with E-state index in [1.54, 1.807) is 24.5 Å². The van der Waals surface area contributed by atoms with Crippen LogP contribution in [0.1, 0.15) is 44.0 Å². The van der Waals surface area contributed by atoms with Crippen molar-refractivity contribution in [2.75, 3.05) is 0 Å². The van der Waals surface area contributed by atoms with Crippen LogP contribution in [-0.2, 0) is 17.8 Å².